The van der Waals surface area contributed by atoms with Crippen molar-refractivity contribution < 1.29 is 24.2 Å². The highest BCUT2D eigenvalue weighted by Crippen LogP contribution is 2.13. The second-order valence-corrected chi connectivity index (χ2v) is 4.24. The molecule has 0 bridgehead atoms. The zero-order valence-electron chi connectivity index (χ0n) is 11.7. The summed E-state index contributed by atoms with van der Waals surface area (Å²) < 4.78 is 5.30. The number of aliphatic carboxylic acids is 1. The van der Waals surface area contributed by atoms with E-state index < -0.39 is 24.3 Å². The number of carbonyl (C=O) groups excluding carboxylic acids is 2. The summed E-state index contributed by atoms with van der Waals surface area (Å²) in [7, 11) is 0. The minimum absolute atomic E-state index is 0.209. The van der Waals surface area contributed by atoms with Gasteiger partial charge in [0.05, 0.1) is 6.54 Å². The van der Waals surface area contributed by atoms with Gasteiger partial charge in [0.25, 0.3) is 5.91 Å². The highest BCUT2D eigenvalue weighted by atomic mass is 16.5. The van der Waals surface area contributed by atoms with Crippen molar-refractivity contribution in [3.63, 3.8) is 0 Å². The van der Waals surface area contributed by atoms with Gasteiger partial charge in [0.2, 0.25) is 5.91 Å². The molecule has 0 saturated carbocycles. The molecule has 0 aliphatic heterocycles. The van der Waals surface area contributed by atoms with E-state index in [4.69, 9.17) is 9.84 Å². The molecule has 0 fully saturated rings. The molecule has 1 rings (SSSR count). The number of ether oxygens (including phenoxy) is 1. The SMILES string of the molecule is CCc1cccc(OCC(=O)NCC(=O)NCC(=O)O)c1. The maximum atomic E-state index is 11.5. The van der Waals surface area contributed by atoms with Gasteiger partial charge in [-0.3, -0.25) is 14.4 Å². The molecule has 1 aromatic rings. The van der Waals surface area contributed by atoms with Crippen molar-refractivity contribution >= 4 is 17.8 Å². The Labute approximate surface area is 122 Å². The fourth-order valence-corrected chi connectivity index (χ4v) is 1.47. The minimum atomic E-state index is -1.14. The standard InChI is InChI=1S/C14H18N2O5/c1-2-10-4-3-5-11(6-10)21-9-13(18)15-7-12(17)16-8-14(19)20/h3-6H,2,7-9H2,1H3,(H,15,18)(H,16,17)(H,19,20). The highest BCUT2D eigenvalue weighted by molar-refractivity contribution is 5.87. The minimum Gasteiger partial charge on any atom is -0.484 e. The molecule has 0 aliphatic rings. The summed E-state index contributed by atoms with van der Waals surface area (Å²) in [6.07, 6.45) is 0.868. The number of benzene rings is 1. The lowest BCUT2D eigenvalue weighted by Crippen LogP contribution is -2.40. The van der Waals surface area contributed by atoms with Gasteiger partial charge >= 0.3 is 5.97 Å². The van der Waals surface area contributed by atoms with Crippen LogP contribution in [0.2, 0.25) is 0 Å². The fraction of sp³-hybridized carbons (Fsp3) is 0.357. The smallest absolute Gasteiger partial charge is 0.322 e. The number of aryl methyl sites for hydroxylation is 1. The Morgan fingerprint density at radius 3 is 2.52 bits per heavy atom. The third kappa shape index (κ3) is 6.95. The summed E-state index contributed by atoms with van der Waals surface area (Å²) in [6, 6.07) is 7.38. The summed E-state index contributed by atoms with van der Waals surface area (Å²) in [5.74, 6) is -1.59. The van der Waals surface area contributed by atoms with Gasteiger partial charge < -0.3 is 20.5 Å². The monoisotopic (exact) mass is 294 g/mol. The van der Waals surface area contributed by atoms with E-state index in [1.807, 2.05) is 25.1 Å². The van der Waals surface area contributed by atoms with E-state index in [1.165, 1.54) is 0 Å². The Balaban J connectivity index is 2.27. The van der Waals surface area contributed by atoms with Crippen molar-refractivity contribution in [1.29, 1.82) is 0 Å². The molecule has 0 radical (unpaired) electrons. The van der Waals surface area contributed by atoms with Crippen LogP contribution < -0.4 is 15.4 Å². The van der Waals surface area contributed by atoms with Crippen molar-refractivity contribution in [1.82, 2.24) is 10.6 Å². The summed E-state index contributed by atoms with van der Waals surface area (Å²) >= 11 is 0. The van der Waals surface area contributed by atoms with Gasteiger partial charge in [0, 0.05) is 0 Å². The van der Waals surface area contributed by atoms with Crippen LogP contribution >= 0.6 is 0 Å². The second-order valence-electron chi connectivity index (χ2n) is 4.24. The number of nitrogens with one attached hydrogen (secondary N) is 2. The first-order valence-corrected chi connectivity index (χ1v) is 6.48. The Hall–Kier alpha value is -2.57. The van der Waals surface area contributed by atoms with Crippen LogP contribution in [0.15, 0.2) is 24.3 Å². The second kappa shape index (κ2) is 8.57. The van der Waals surface area contributed by atoms with Gasteiger partial charge in [-0.2, -0.15) is 0 Å². The van der Waals surface area contributed by atoms with Crippen LogP contribution in [0.3, 0.4) is 0 Å². The lowest BCUT2D eigenvalue weighted by atomic mass is 10.2. The third-order valence-electron chi connectivity index (χ3n) is 2.56. The molecule has 7 nitrogen and oxygen atoms in total. The lowest BCUT2D eigenvalue weighted by molar-refractivity contribution is -0.137. The molecule has 0 heterocycles. The first-order chi connectivity index (χ1) is 10.0. The number of carboxylic acids is 1. The molecule has 0 saturated heterocycles. The lowest BCUT2D eigenvalue weighted by Gasteiger charge is -2.08. The summed E-state index contributed by atoms with van der Waals surface area (Å²) in [5.41, 5.74) is 1.10. The number of carbonyl (C=O) groups is 3. The number of rotatable bonds is 8. The van der Waals surface area contributed by atoms with Crippen LogP contribution in [0.1, 0.15) is 12.5 Å². The quantitative estimate of drug-likeness (QED) is 0.623. The molecule has 0 aromatic heterocycles. The van der Waals surface area contributed by atoms with Gasteiger partial charge in [0.15, 0.2) is 6.61 Å². The molecule has 0 aliphatic carbocycles. The molecule has 3 N–H and O–H groups in total. The van der Waals surface area contributed by atoms with Crippen molar-refractivity contribution in [3.8, 4) is 5.75 Å². The van der Waals surface area contributed by atoms with E-state index in [9.17, 15) is 14.4 Å². The van der Waals surface area contributed by atoms with Crippen molar-refractivity contribution in [2.24, 2.45) is 0 Å². The highest BCUT2D eigenvalue weighted by Gasteiger charge is 2.07. The Kier molecular flexibility index (Phi) is 6.73. The van der Waals surface area contributed by atoms with E-state index in [2.05, 4.69) is 10.6 Å². The predicted molar refractivity (Wildman–Crippen MR) is 75.0 cm³/mol. The Bertz CT molecular complexity index is 516. The predicted octanol–water partition coefficient (Wildman–Crippen LogP) is -0.0552. The molecule has 21 heavy (non-hydrogen) atoms. The van der Waals surface area contributed by atoms with Crippen molar-refractivity contribution in [3.05, 3.63) is 29.8 Å². The average Bonchev–Trinajstić information content (AvgIpc) is 2.49. The maximum Gasteiger partial charge on any atom is 0.322 e. The molecule has 1 aromatic carbocycles. The van der Waals surface area contributed by atoms with Gasteiger partial charge in [-0.25, -0.2) is 0 Å². The van der Waals surface area contributed by atoms with Gasteiger partial charge in [0.1, 0.15) is 12.3 Å². The third-order valence-corrected chi connectivity index (χ3v) is 2.56. The summed E-state index contributed by atoms with van der Waals surface area (Å²) in [5, 5.41) is 12.8. The topological polar surface area (TPSA) is 105 Å². The largest absolute Gasteiger partial charge is 0.484 e. The van der Waals surface area contributed by atoms with E-state index in [0.29, 0.717) is 5.75 Å². The molecule has 7 heteroatoms. The number of amides is 2. The normalized spacial score (nSPS) is 9.76. The van der Waals surface area contributed by atoms with E-state index in [0.717, 1.165) is 12.0 Å². The molecule has 0 atom stereocenters. The van der Waals surface area contributed by atoms with Crippen molar-refractivity contribution in [2.75, 3.05) is 19.7 Å². The molecule has 0 spiro atoms. The first-order valence-electron chi connectivity index (χ1n) is 6.48. The van der Waals surface area contributed by atoms with E-state index >= 15 is 0 Å². The number of carboxylic acid groups (broad SMARTS) is 1. The maximum absolute atomic E-state index is 11.5. The van der Waals surface area contributed by atoms with Gasteiger partial charge in [-0.15, -0.1) is 0 Å². The summed E-state index contributed by atoms with van der Waals surface area (Å²) in [6.45, 7) is 1.04. The Morgan fingerprint density at radius 2 is 1.86 bits per heavy atom. The molecule has 114 valence electrons. The fourth-order valence-electron chi connectivity index (χ4n) is 1.47. The molecule has 2 amide bonds. The van der Waals surface area contributed by atoms with E-state index in [-0.39, 0.29) is 13.2 Å². The van der Waals surface area contributed by atoms with Crippen LogP contribution in [0, 0.1) is 0 Å². The number of hydrogen-bond donors (Lipinski definition) is 3. The van der Waals surface area contributed by atoms with Crippen LogP contribution in [-0.4, -0.2) is 42.6 Å². The van der Waals surface area contributed by atoms with Crippen LogP contribution in [0.25, 0.3) is 0 Å². The van der Waals surface area contributed by atoms with Crippen LogP contribution in [-0.2, 0) is 20.8 Å². The summed E-state index contributed by atoms with van der Waals surface area (Å²) in [4.78, 5) is 32.9. The Morgan fingerprint density at radius 1 is 1.14 bits per heavy atom. The molecular formula is C14H18N2O5. The number of hydrogen-bond acceptors (Lipinski definition) is 4. The zero-order valence-corrected chi connectivity index (χ0v) is 11.7. The molecular weight excluding hydrogens is 276 g/mol. The van der Waals surface area contributed by atoms with Crippen molar-refractivity contribution in [2.45, 2.75) is 13.3 Å². The molecule has 0 unspecified atom stereocenters. The average molecular weight is 294 g/mol. The van der Waals surface area contributed by atoms with E-state index in [1.54, 1.807) is 6.07 Å². The van der Waals surface area contributed by atoms with Crippen LogP contribution in [0.5, 0.6) is 5.75 Å². The first kappa shape index (κ1) is 16.5. The van der Waals surface area contributed by atoms with Gasteiger partial charge in [-0.1, -0.05) is 19.1 Å². The zero-order chi connectivity index (χ0) is 15.7. The van der Waals surface area contributed by atoms with Crippen LogP contribution in [0.4, 0.5) is 0 Å². The van der Waals surface area contributed by atoms with Gasteiger partial charge in [-0.05, 0) is 24.1 Å².